The smallest absolute Gasteiger partial charge is 0.128 e. The van der Waals surface area contributed by atoms with Crippen LogP contribution in [0, 0.1) is 18.7 Å². The van der Waals surface area contributed by atoms with Crippen molar-refractivity contribution in [2.45, 2.75) is 44.7 Å². The Morgan fingerprint density at radius 1 is 1.40 bits per heavy atom. The lowest BCUT2D eigenvalue weighted by molar-refractivity contribution is 0.146. The van der Waals surface area contributed by atoms with Gasteiger partial charge in [0, 0.05) is 30.8 Å². The molecule has 0 spiro atoms. The molecule has 3 atom stereocenters. The van der Waals surface area contributed by atoms with Crippen molar-refractivity contribution in [3.8, 4) is 0 Å². The summed E-state index contributed by atoms with van der Waals surface area (Å²) in [7, 11) is 0. The van der Waals surface area contributed by atoms with E-state index in [2.05, 4.69) is 5.32 Å². The van der Waals surface area contributed by atoms with Crippen LogP contribution < -0.4 is 11.1 Å². The highest BCUT2D eigenvalue weighted by atomic mass is 19.1. The molecule has 1 fully saturated rings. The summed E-state index contributed by atoms with van der Waals surface area (Å²) in [6.45, 7) is 2.49. The topological polar surface area (TPSA) is 58.3 Å². The minimum absolute atomic E-state index is 0.186. The van der Waals surface area contributed by atoms with E-state index in [4.69, 9.17) is 5.73 Å². The van der Waals surface area contributed by atoms with Crippen LogP contribution in [0.1, 0.15) is 42.9 Å². The van der Waals surface area contributed by atoms with Crippen molar-refractivity contribution in [3.05, 3.63) is 35.1 Å². The van der Waals surface area contributed by atoms with Crippen LogP contribution in [0.3, 0.4) is 0 Å². The molecule has 1 aromatic carbocycles. The zero-order chi connectivity index (χ0) is 14.5. The SMILES string of the molecule is Cc1ccc(F)c(C(CN)NC2CCCCC2CO)c1. The van der Waals surface area contributed by atoms with Gasteiger partial charge in [0.25, 0.3) is 0 Å². The molecule has 4 N–H and O–H groups in total. The molecule has 1 aliphatic carbocycles. The number of hydrogen-bond acceptors (Lipinski definition) is 3. The average Bonchev–Trinajstić information content (AvgIpc) is 2.48. The Morgan fingerprint density at radius 3 is 2.85 bits per heavy atom. The van der Waals surface area contributed by atoms with Gasteiger partial charge in [-0.2, -0.15) is 0 Å². The van der Waals surface area contributed by atoms with Gasteiger partial charge >= 0.3 is 0 Å². The maximum absolute atomic E-state index is 14.0. The number of hydrogen-bond donors (Lipinski definition) is 3. The Hall–Kier alpha value is -0.970. The third kappa shape index (κ3) is 3.57. The first kappa shape index (κ1) is 15.4. The first-order chi connectivity index (χ1) is 9.65. The summed E-state index contributed by atoms with van der Waals surface area (Å²) in [5.41, 5.74) is 7.50. The summed E-state index contributed by atoms with van der Waals surface area (Å²) in [5, 5.41) is 12.9. The van der Waals surface area contributed by atoms with E-state index in [0.717, 1.165) is 31.2 Å². The average molecular weight is 280 g/mol. The van der Waals surface area contributed by atoms with Gasteiger partial charge in [0.05, 0.1) is 0 Å². The molecule has 3 unspecified atom stereocenters. The minimum atomic E-state index is -0.213. The van der Waals surface area contributed by atoms with Crippen LogP contribution in [0.25, 0.3) is 0 Å². The van der Waals surface area contributed by atoms with Crippen molar-refractivity contribution < 1.29 is 9.50 Å². The summed E-state index contributed by atoms with van der Waals surface area (Å²) in [4.78, 5) is 0. The van der Waals surface area contributed by atoms with E-state index < -0.39 is 0 Å². The van der Waals surface area contributed by atoms with Crippen molar-refractivity contribution in [2.75, 3.05) is 13.2 Å². The molecule has 112 valence electrons. The second-order valence-corrected chi connectivity index (χ2v) is 5.81. The van der Waals surface area contributed by atoms with Crippen molar-refractivity contribution in [1.82, 2.24) is 5.32 Å². The molecule has 0 radical (unpaired) electrons. The molecule has 1 aromatic rings. The van der Waals surface area contributed by atoms with Crippen molar-refractivity contribution in [2.24, 2.45) is 11.7 Å². The number of nitrogens with two attached hydrogens (primary N) is 1. The molecule has 1 aliphatic rings. The molecule has 4 heteroatoms. The Labute approximate surface area is 120 Å². The molecule has 0 saturated heterocycles. The Morgan fingerprint density at radius 2 is 2.15 bits per heavy atom. The van der Waals surface area contributed by atoms with Gasteiger partial charge in [0.2, 0.25) is 0 Å². The fourth-order valence-electron chi connectivity index (χ4n) is 3.12. The van der Waals surface area contributed by atoms with E-state index in [-0.39, 0.29) is 30.4 Å². The third-order valence-electron chi connectivity index (χ3n) is 4.32. The van der Waals surface area contributed by atoms with Gasteiger partial charge in [-0.05, 0) is 31.7 Å². The molecule has 1 saturated carbocycles. The first-order valence-electron chi connectivity index (χ1n) is 7.48. The van der Waals surface area contributed by atoms with Gasteiger partial charge in [-0.15, -0.1) is 0 Å². The molecule has 0 aliphatic heterocycles. The van der Waals surface area contributed by atoms with Crippen LogP contribution in [-0.2, 0) is 0 Å². The molecule has 0 bridgehead atoms. The molecule has 20 heavy (non-hydrogen) atoms. The maximum Gasteiger partial charge on any atom is 0.128 e. The molecule has 0 heterocycles. The van der Waals surface area contributed by atoms with Crippen molar-refractivity contribution >= 4 is 0 Å². The van der Waals surface area contributed by atoms with E-state index >= 15 is 0 Å². The van der Waals surface area contributed by atoms with Gasteiger partial charge in [-0.25, -0.2) is 4.39 Å². The van der Waals surface area contributed by atoms with Crippen molar-refractivity contribution in [3.63, 3.8) is 0 Å². The highest BCUT2D eigenvalue weighted by Crippen LogP contribution is 2.27. The zero-order valence-electron chi connectivity index (χ0n) is 12.1. The number of aryl methyl sites for hydroxylation is 1. The fourth-order valence-corrected chi connectivity index (χ4v) is 3.12. The predicted molar refractivity (Wildman–Crippen MR) is 78.9 cm³/mol. The summed E-state index contributed by atoms with van der Waals surface area (Å²) in [5.74, 6) is 0.0422. The van der Waals surface area contributed by atoms with Crippen LogP contribution in [0.2, 0.25) is 0 Å². The first-order valence-corrected chi connectivity index (χ1v) is 7.48. The number of nitrogens with one attached hydrogen (secondary N) is 1. The number of aliphatic hydroxyl groups is 1. The number of aliphatic hydroxyl groups excluding tert-OH is 1. The minimum Gasteiger partial charge on any atom is -0.396 e. The molecule has 0 amide bonds. The molecular weight excluding hydrogens is 255 g/mol. The van der Waals surface area contributed by atoms with Gasteiger partial charge in [-0.1, -0.05) is 30.5 Å². The fraction of sp³-hybridized carbons (Fsp3) is 0.625. The van der Waals surface area contributed by atoms with Gasteiger partial charge < -0.3 is 16.2 Å². The number of benzene rings is 1. The van der Waals surface area contributed by atoms with Gasteiger partial charge in [0.15, 0.2) is 0 Å². The summed E-state index contributed by atoms with van der Waals surface area (Å²) in [6, 6.07) is 5.16. The summed E-state index contributed by atoms with van der Waals surface area (Å²) >= 11 is 0. The summed E-state index contributed by atoms with van der Waals surface area (Å²) < 4.78 is 14.0. The molecule has 0 aromatic heterocycles. The Bertz CT molecular complexity index is 438. The normalized spacial score (nSPS) is 24.6. The van der Waals surface area contributed by atoms with E-state index in [1.54, 1.807) is 6.07 Å². The van der Waals surface area contributed by atoms with Gasteiger partial charge in [0.1, 0.15) is 5.82 Å². The number of rotatable bonds is 5. The number of halogens is 1. The zero-order valence-corrected chi connectivity index (χ0v) is 12.1. The highest BCUT2D eigenvalue weighted by Gasteiger charge is 2.27. The Kier molecular flexibility index (Phi) is 5.52. The Balaban J connectivity index is 2.13. The predicted octanol–water partition coefficient (Wildman–Crippen LogP) is 2.27. The standard InChI is InChI=1S/C16H25FN2O/c1-11-6-7-14(17)13(8-11)16(9-18)19-15-5-3-2-4-12(15)10-20/h6-8,12,15-16,19-20H,2-5,9-10,18H2,1H3. The quantitative estimate of drug-likeness (QED) is 0.775. The van der Waals surface area contributed by atoms with Crippen LogP contribution >= 0.6 is 0 Å². The van der Waals surface area contributed by atoms with E-state index in [9.17, 15) is 9.50 Å². The molecule has 3 nitrogen and oxygen atoms in total. The van der Waals surface area contributed by atoms with Crippen LogP contribution in [-0.4, -0.2) is 24.3 Å². The highest BCUT2D eigenvalue weighted by molar-refractivity contribution is 5.27. The lowest BCUT2D eigenvalue weighted by atomic mass is 9.84. The maximum atomic E-state index is 14.0. The van der Waals surface area contributed by atoms with Crippen LogP contribution in [0.4, 0.5) is 4.39 Å². The second kappa shape index (κ2) is 7.16. The monoisotopic (exact) mass is 280 g/mol. The lowest BCUT2D eigenvalue weighted by Gasteiger charge is -2.34. The van der Waals surface area contributed by atoms with Crippen LogP contribution in [0.5, 0.6) is 0 Å². The second-order valence-electron chi connectivity index (χ2n) is 5.81. The molecule has 2 rings (SSSR count). The largest absolute Gasteiger partial charge is 0.396 e. The van der Waals surface area contributed by atoms with Crippen molar-refractivity contribution in [1.29, 1.82) is 0 Å². The third-order valence-corrected chi connectivity index (χ3v) is 4.32. The molecular formula is C16H25FN2O. The lowest BCUT2D eigenvalue weighted by Crippen LogP contribution is -2.44. The van der Waals surface area contributed by atoms with E-state index in [1.165, 1.54) is 6.07 Å². The summed E-state index contributed by atoms with van der Waals surface area (Å²) in [6.07, 6.45) is 4.37. The van der Waals surface area contributed by atoms with Gasteiger partial charge in [-0.3, -0.25) is 0 Å². The van der Waals surface area contributed by atoms with E-state index in [1.807, 2.05) is 13.0 Å². The van der Waals surface area contributed by atoms with Crippen LogP contribution in [0.15, 0.2) is 18.2 Å². The van der Waals surface area contributed by atoms with E-state index in [0.29, 0.717) is 12.1 Å².